The molecule has 0 aromatic heterocycles. The Balaban J connectivity index is 1.31. The Morgan fingerprint density at radius 2 is 1.74 bits per heavy atom. The third kappa shape index (κ3) is 4.53. The summed E-state index contributed by atoms with van der Waals surface area (Å²) in [6.07, 6.45) is 9.83. The summed E-state index contributed by atoms with van der Waals surface area (Å²) in [7, 11) is 0. The first-order valence-electron chi connectivity index (χ1n) is 13.7. The van der Waals surface area contributed by atoms with Crippen LogP contribution >= 0.6 is 0 Å². The molecule has 1 saturated heterocycles. The number of amides is 2. The summed E-state index contributed by atoms with van der Waals surface area (Å²) >= 11 is 0. The minimum atomic E-state index is -0.568. The van der Waals surface area contributed by atoms with Crippen LogP contribution < -0.4 is 5.32 Å². The molecule has 1 aromatic rings. The van der Waals surface area contributed by atoms with Crippen molar-refractivity contribution in [3.05, 3.63) is 35.1 Å². The highest BCUT2D eigenvalue weighted by Crippen LogP contribution is 2.65. The average Bonchev–Trinajstić information content (AvgIpc) is 2.80. The van der Waals surface area contributed by atoms with Gasteiger partial charge in [0.25, 0.3) is 5.91 Å². The van der Waals surface area contributed by atoms with Crippen molar-refractivity contribution in [1.29, 1.82) is 0 Å². The number of benzene rings is 1. The van der Waals surface area contributed by atoms with Crippen molar-refractivity contribution in [3.63, 3.8) is 0 Å². The number of nitrogens with zero attached hydrogens (tertiary/aromatic N) is 1. The lowest BCUT2D eigenvalue weighted by Gasteiger charge is -2.61. The Morgan fingerprint density at radius 3 is 2.37 bits per heavy atom. The van der Waals surface area contributed by atoms with Crippen molar-refractivity contribution >= 4 is 17.6 Å². The van der Waals surface area contributed by atoms with E-state index in [-0.39, 0.29) is 40.4 Å². The molecule has 1 heterocycles. The molecule has 5 nitrogen and oxygen atoms in total. The lowest BCUT2D eigenvalue weighted by Crippen LogP contribution is -2.62. The summed E-state index contributed by atoms with van der Waals surface area (Å²) in [5.74, 6) is -0.181. The van der Waals surface area contributed by atoms with Gasteiger partial charge in [-0.1, -0.05) is 45.2 Å². The molecule has 5 aliphatic rings. The van der Waals surface area contributed by atoms with Gasteiger partial charge >= 0.3 is 0 Å². The molecule has 2 amide bonds. The maximum Gasteiger partial charge on any atom is 0.254 e. The summed E-state index contributed by atoms with van der Waals surface area (Å²) in [6.45, 7) is 4.97. The molecule has 6 heteroatoms. The number of carbonyl (C=O) groups excluding carboxylic acids is 3. The molecule has 0 spiro atoms. The minimum Gasteiger partial charge on any atom is -0.342 e. The maximum atomic E-state index is 15.8. The zero-order chi connectivity index (χ0) is 24.7. The number of hydrogen-bond acceptors (Lipinski definition) is 3. The van der Waals surface area contributed by atoms with Gasteiger partial charge in [-0.25, -0.2) is 4.39 Å². The first-order valence-corrected chi connectivity index (χ1v) is 13.7. The fourth-order valence-corrected chi connectivity index (χ4v) is 7.00. The van der Waals surface area contributed by atoms with Crippen LogP contribution in [-0.4, -0.2) is 41.6 Å². The van der Waals surface area contributed by atoms with Crippen LogP contribution in [0, 0.1) is 29.0 Å². The maximum absolute atomic E-state index is 15.8. The van der Waals surface area contributed by atoms with Gasteiger partial charge in [-0.05, 0) is 68.4 Å². The number of ketones is 1. The van der Waals surface area contributed by atoms with E-state index in [1.807, 2.05) is 18.7 Å². The average molecular weight is 483 g/mol. The van der Waals surface area contributed by atoms with Crippen molar-refractivity contribution in [3.8, 4) is 0 Å². The van der Waals surface area contributed by atoms with Crippen molar-refractivity contribution < 1.29 is 18.8 Å². The van der Waals surface area contributed by atoms with Crippen LogP contribution in [0.4, 0.5) is 4.39 Å². The molecule has 2 atom stereocenters. The normalized spacial score (nSPS) is 29.2. The lowest BCUT2D eigenvalue weighted by molar-refractivity contribution is -0.178. The van der Waals surface area contributed by atoms with Gasteiger partial charge in [-0.3, -0.25) is 14.4 Å². The monoisotopic (exact) mass is 482 g/mol. The highest BCUT2D eigenvalue weighted by molar-refractivity contribution is 5.98. The van der Waals surface area contributed by atoms with E-state index in [2.05, 4.69) is 5.32 Å². The molecule has 4 aliphatic carbocycles. The largest absolute Gasteiger partial charge is 0.342 e. The number of carbonyl (C=O) groups is 3. The fraction of sp³-hybridized carbons (Fsp3) is 0.690. The number of Topliss-reactive ketones (excluding diaryl/α,β-unsaturated/α-hetero) is 1. The Morgan fingerprint density at radius 1 is 1.03 bits per heavy atom. The molecule has 1 N–H and O–H groups in total. The Kier molecular flexibility index (Phi) is 6.75. The van der Waals surface area contributed by atoms with Crippen LogP contribution in [0.15, 0.2) is 18.2 Å². The number of piperidine rings is 1. The van der Waals surface area contributed by atoms with E-state index in [4.69, 9.17) is 0 Å². The Labute approximate surface area is 208 Å². The molecular weight excluding hydrogens is 443 g/mol. The van der Waals surface area contributed by atoms with E-state index in [1.165, 1.54) is 6.07 Å². The second-order valence-electron chi connectivity index (χ2n) is 12.0. The standard InChI is InChI=1S/C29H39FN2O3/c1-18(2)26(33)25(20-8-4-3-5-9-20)31-27(34)23-12-6-11-22(24(23)30)21-10-7-13-32(17-21)28(35)29-14-19(15-29)16-29/h6,11-12,18-21,25H,3-5,7-10,13-17H2,1-2H3,(H,31,34)/t19?,21?,25-,29?/m1/s1. The number of rotatable bonds is 7. The van der Waals surface area contributed by atoms with E-state index >= 15 is 4.39 Å². The van der Waals surface area contributed by atoms with Gasteiger partial charge in [0.1, 0.15) is 5.82 Å². The van der Waals surface area contributed by atoms with Gasteiger partial charge in [0.05, 0.1) is 17.0 Å². The third-order valence-electron chi connectivity index (χ3n) is 9.20. The number of nitrogens with one attached hydrogen (secondary N) is 1. The Bertz CT molecular complexity index is 983. The molecule has 2 bridgehead atoms. The third-order valence-corrected chi connectivity index (χ3v) is 9.20. The van der Waals surface area contributed by atoms with Crippen molar-refractivity contribution in [1.82, 2.24) is 10.2 Å². The highest BCUT2D eigenvalue weighted by Gasteiger charge is 2.62. The second kappa shape index (κ2) is 9.67. The molecule has 1 aliphatic heterocycles. The summed E-state index contributed by atoms with van der Waals surface area (Å²) < 4.78 is 15.8. The molecular formula is C29H39FN2O3. The lowest BCUT2D eigenvalue weighted by atomic mass is 9.44. The van der Waals surface area contributed by atoms with Gasteiger partial charge in [0, 0.05) is 24.9 Å². The predicted octanol–water partition coefficient (Wildman–Crippen LogP) is 5.24. The van der Waals surface area contributed by atoms with Crippen LogP contribution in [-0.2, 0) is 9.59 Å². The molecule has 35 heavy (non-hydrogen) atoms. The number of hydrogen-bond donors (Lipinski definition) is 1. The van der Waals surface area contributed by atoms with Crippen molar-refractivity contribution in [2.24, 2.45) is 23.2 Å². The van der Waals surface area contributed by atoms with Gasteiger partial charge in [-0.2, -0.15) is 0 Å². The van der Waals surface area contributed by atoms with Crippen molar-refractivity contribution in [2.75, 3.05) is 13.1 Å². The van der Waals surface area contributed by atoms with Crippen LogP contribution in [0.2, 0.25) is 0 Å². The fourth-order valence-electron chi connectivity index (χ4n) is 7.00. The van der Waals surface area contributed by atoms with Gasteiger partial charge < -0.3 is 10.2 Å². The minimum absolute atomic E-state index is 0.00253. The highest BCUT2D eigenvalue weighted by atomic mass is 19.1. The van der Waals surface area contributed by atoms with Gasteiger partial charge in [0.15, 0.2) is 5.78 Å². The summed E-state index contributed by atoms with van der Waals surface area (Å²) in [5, 5.41) is 2.93. The second-order valence-corrected chi connectivity index (χ2v) is 12.0. The predicted molar refractivity (Wildman–Crippen MR) is 132 cm³/mol. The van der Waals surface area contributed by atoms with E-state index in [9.17, 15) is 14.4 Å². The molecule has 5 fully saturated rings. The Hall–Kier alpha value is -2.24. The molecule has 1 aromatic carbocycles. The topological polar surface area (TPSA) is 66.5 Å². The van der Waals surface area contributed by atoms with E-state index in [0.717, 1.165) is 76.7 Å². The SMILES string of the molecule is CC(C)C(=O)[C@H](NC(=O)c1cccc(C2CCCN(C(=O)C34CC(C3)C4)C2)c1F)C1CCCCC1. The van der Waals surface area contributed by atoms with Crippen LogP contribution in [0.25, 0.3) is 0 Å². The first kappa shape index (κ1) is 24.5. The number of halogens is 1. The molecule has 6 rings (SSSR count). The smallest absolute Gasteiger partial charge is 0.254 e. The van der Waals surface area contributed by atoms with E-state index in [0.29, 0.717) is 12.1 Å². The zero-order valence-electron chi connectivity index (χ0n) is 21.2. The molecule has 4 saturated carbocycles. The van der Waals surface area contributed by atoms with Crippen LogP contribution in [0.1, 0.15) is 99.9 Å². The summed E-state index contributed by atoms with van der Waals surface area (Å²) in [6, 6.07) is 4.43. The quantitative estimate of drug-likeness (QED) is 0.578. The summed E-state index contributed by atoms with van der Waals surface area (Å²) in [5.41, 5.74) is 0.393. The molecule has 0 radical (unpaired) electrons. The van der Waals surface area contributed by atoms with Gasteiger partial charge in [-0.15, -0.1) is 0 Å². The van der Waals surface area contributed by atoms with Crippen LogP contribution in [0.5, 0.6) is 0 Å². The molecule has 1 unspecified atom stereocenters. The molecule has 190 valence electrons. The zero-order valence-corrected chi connectivity index (χ0v) is 21.2. The summed E-state index contributed by atoms with van der Waals surface area (Å²) in [4.78, 5) is 41.3. The van der Waals surface area contributed by atoms with Crippen LogP contribution in [0.3, 0.4) is 0 Å². The first-order chi connectivity index (χ1) is 16.8. The van der Waals surface area contributed by atoms with Gasteiger partial charge in [0.2, 0.25) is 5.91 Å². The van der Waals surface area contributed by atoms with E-state index in [1.54, 1.807) is 12.1 Å². The number of likely N-dealkylation sites (tertiary alicyclic amines) is 1. The van der Waals surface area contributed by atoms with Crippen molar-refractivity contribution in [2.45, 2.75) is 90.0 Å². The van der Waals surface area contributed by atoms with E-state index < -0.39 is 17.8 Å².